The molecule has 7 heteroatoms. The first-order valence-electron chi connectivity index (χ1n) is 7.91. The lowest BCUT2D eigenvalue weighted by Gasteiger charge is -2.24. The van der Waals surface area contributed by atoms with Crippen molar-refractivity contribution in [3.8, 4) is 0 Å². The molecule has 0 saturated carbocycles. The van der Waals surface area contributed by atoms with Crippen molar-refractivity contribution < 1.29 is 22.7 Å². The Morgan fingerprint density at radius 2 is 1.96 bits per heavy atom. The van der Waals surface area contributed by atoms with Crippen LogP contribution in [0.2, 0.25) is 0 Å². The number of morpholine rings is 1. The summed E-state index contributed by atoms with van der Waals surface area (Å²) in [4.78, 5) is 15.8. The third kappa shape index (κ3) is 4.43. The fraction of sp³-hybridized carbons (Fsp3) is 0.333. The summed E-state index contributed by atoms with van der Waals surface area (Å²) in [5.41, 5.74) is 0.960. The highest BCUT2D eigenvalue weighted by molar-refractivity contribution is 5.95. The molecule has 2 aromatic rings. The summed E-state index contributed by atoms with van der Waals surface area (Å²) < 4.78 is 43.2. The topological polar surface area (TPSA) is 51.2 Å². The van der Waals surface area contributed by atoms with Crippen molar-refractivity contribution in [2.45, 2.75) is 18.7 Å². The maximum Gasteiger partial charge on any atom is 0.417 e. The van der Waals surface area contributed by atoms with Crippen LogP contribution in [0.1, 0.15) is 33.3 Å². The van der Waals surface area contributed by atoms with E-state index in [4.69, 9.17) is 4.74 Å². The number of pyridine rings is 1. The monoisotopic (exact) mass is 350 g/mol. The molecule has 25 heavy (non-hydrogen) atoms. The van der Waals surface area contributed by atoms with Crippen LogP contribution in [0.3, 0.4) is 0 Å². The predicted molar refractivity (Wildman–Crippen MR) is 85.3 cm³/mol. The highest BCUT2D eigenvalue weighted by Crippen LogP contribution is 2.28. The molecule has 1 saturated heterocycles. The zero-order valence-electron chi connectivity index (χ0n) is 13.3. The first kappa shape index (κ1) is 17.6. The van der Waals surface area contributed by atoms with Crippen LogP contribution < -0.4 is 5.32 Å². The number of ether oxygens (including phenoxy) is 1. The second-order valence-corrected chi connectivity index (χ2v) is 5.83. The van der Waals surface area contributed by atoms with Gasteiger partial charge >= 0.3 is 6.18 Å². The molecule has 1 aromatic heterocycles. The zero-order chi connectivity index (χ0) is 17.9. The van der Waals surface area contributed by atoms with E-state index in [0.717, 1.165) is 36.3 Å². The van der Waals surface area contributed by atoms with E-state index in [9.17, 15) is 18.0 Å². The number of nitrogens with one attached hydrogen (secondary N) is 1. The van der Waals surface area contributed by atoms with Crippen LogP contribution >= 0.6 is 0 Å². The van der Waals surface area contributed by atoms with Crippen molar-refractivity contribution in [3.05, 3.63) is 65.0 Å². The van der Waals surface area contributed by atoms with Crippen LogP contribution in [-0.4, -0.2) is 30.5 Å². The molecule has 1 fully saturated rings. The summed E-state index contributed by atoms with van der Waals surface area (Å²) in [5.74, 6) is -0.322. The minimum absolute atomic E-state index is 0.00455. The Hall–Kier alpha value is -2.25. The molecule has 0 bridgehead atoms. The summed E-state index contributed by atoms with van der Waals surface area (Å²) in [6, 6.07) is 9.45. The Morgan fingerprint density at radius 1 is 1.20 bits per heavy atom. The minimum Gasteiger partial charge on any atom is -0.371 e. The van der Waals surface area contributed by atoms with E-state index in [0.29, 0.717) is 12.8 Å². The molecule has 1 aliphatic heterocycles. The van der Waals surface area contributed by atoms with E-state index in [1.54, 1.807) is 0 Å². The van der Waals surface area contributed by atoms with E-state index in [2.05, 4.69) is 10.3 Å². The normalized spacial score (nSPS) is 18.1. The maximum atomic E-state index is 12.5. The molecule has 132 valence electrons. The Bertz CT molecular complexity index is 721. The number of aromatic nitrogens is 1. The lowest BCUT2D eigenvalue weighted by Crippen LogP contribution is -2.33. The highest BCUT2D eigenvalue weighted by atomic mass is 19.4. The molecule has 1 unspecified atom stereocenters. The van der Waals surface area contributed by atoms with E-state index in [-0.39, 0.29) is 24.0 Å². The van der Waals surface area contributed by atoms with Crippen LogP contribution in [0.4, 0.5) is 13.2 Å². The summed E-state index contributed by atoms with van der Waals surface area (Å²) >= 11 is 0. The Kier molecular flexibility index (Phi) is 5.15. The van der Waals surface area contributed by atoms with Crippen molar-refractivity contribution >= 4 is 5.78 Å². The average Bonchev–Trinajstić information content (AvgIpc) is 2.62. The summed E-state index contributed by atoms with van der Waals surface area (Å²) in [6.45, 7) is 2.24. The number of Topliss-reactive ketones (excluding diaryl/α,β-unsaturated/α-hetero) is 1. The van der Waals surface area contributed by atoms with E-state index in [1.165, 1.54) is 0 Å². The molecule has 2 heterocycles. The fourth-order valence-electron chi connectivity index (χ4n) is 2.63. The standard InChI is InChI=1S/C18H17F3N2O2/c19-18(20,21)14-5-6-15(23-10-14)16(24)9-12-1-3-13(4-2-12)17-11-22-7-8-25-17/h1-6,10,17,22H,7-9,11H2. The van der Waals surface area contributed by atoms with Gasteiger partial charge in [-0.3, -0.25) is 9.78 Å². The van der Waals surface area contributed by atoms with Crippen molar-refractivity contribution in [1.29, 1.82) is 0 Å². The van der Waals surface area contributed by atoms with Crippen LogP contribution in [0.5, 0.6) is 0 Å². The zero-order valence-corrected chi connectivity index (χ0v) is 13.3. The van der Waals surface area contributed by atoms with Gasteiger partial charge in [0.1, 0.15) is 5.69 Å². The summed E-state index contributed by atoms with van der Waals surface area (Å²) in [7, 11) is 0. The maximum absolute atomic E-state index is 12.5. The van der Waals surface area contributed by atoms with Crippen LogP contribution in [0.25, 0.3) is 0 Å². The number of hydrogen-bond acceptors (Lipinski definition) is 4. The molecule has 0 radical (unpaired) electrons. The minimum atomic E-state index is -4.46. The van der Waals surface area contributed by atoms with Gasteiger partial charge in [0.15, 0.2) is 5.78 Å². The largest absolute Gasteiger partial charge is 0.417 e. The highest BCUT2D eigenvalue weighted by Gasteiger charge is 2.30. The van der Waals surface area contributed by atoms with Gasteiger partial charge in [-0.2, -0.15) is 13.2 Å². The van der Waals surface area contributed by atoms with Gasteiger partial charge in [-0.1, -0.05) is 24.3 Å². The number of nitrogens with zero attached hydrogens (tertiary/aromatic N) is 1. The van der Waals surface area contributed by atoms with Gasteiger partial charge in [0.2, 0.25) is 0 Å². The number of rotatable bonds is 4. The van der Waals surface area contributed by atoms with E-state index < -0.39 is 11.7 Å². The Morgan fingerprint density at radius 3 is 2.52 bits per heavy atom. The summed E-state index contributed by atoms with van der Waals surface area (Å²) in [5, 5.41) is 3.25. The molecule has 0 aliphatic carbocycles. The quantitative estimate of drug-likeness (QED) is 0.861. The third-order valence-electron chi connectivity index (χ3n) is 4.02. The summed E-state index contributed by atoms with van der Waals surface area (Å²) in [6.07, 6.45) is -3.69. The van der Waals surface area contributed by atoms with Gasteiger partial charge < -0.3 is 10.1 Å². The lowest BCUT2D eigenvalue weighted by atomic mass is 10.0. The molecule has 4 nitrogen and oxygen atoms in total. The van der Waals surface area contributed by atoms with Crippen molar-refractivity contribution in [3.63, 3.8) is 0 Å². The molecular formula is C18H17F3N2O2. The van der Waals surface area contributed by atoms with Gasteiger partial charge in [-0.15, -0.1) is 0 Å². The van der Waals surface area contributed by atoms with E-state index in [1.807, 2.05) is 24.3 Å². The lowest BCUT2D eigenvalue weighted by molar-refractivity contribution is -0.137. The van der Waals surface area contributed by atoms with Gasteiger partial charge in [0, 0.05) is 25.7 Å². The number of hydrogen-bond donors (Lipinski definition) is 1. The number of carbonyl (C=O) groups is 1. The van der Waals surface area contributed by atoms with Crippen LogP contribution in [-0.2, 0) is 17.3 Å². The molecular weight excluding hydrogens is 333 g/mol. The van der Waals surface area contributed by atoms with Crippen molar-refractivity contribution in [2.75, 3.05) is 19.7 Å². The van der Waals surface area contributed by atoms with E-state index >= 15 is 0 Å². The number of carbonyl (C=O) groups excluding carboxylic acids is 1. The molecule has 1 N–H and O–H groups in total. The van der Waals surface area contributed by atoms with Gasteiger partial charge in [0.25, 0.3) is 0 Å². The SMILES string of the molecule is O=C(Cc1ccc(C2CNCCO2)cc1)c1ccc(C(F)(F)F)cn1. The molecule has 1 atom stereocenters. The van der Waals surface area contributed by atoms with Gasteiger partial charge in [-0.05, 0) is 23.3 Å². The number of ketones is 1. The molecule has 1 aromatic carbocycles. The van der Waals surface area contributed by atoms with Crippen LogP contribution in [0, 0.1) is 0 Å². The second-order valence-electron chi connectivity index (χ2n) is 5.83. The second kappa shape index (κ2) is 7.33. The molecule has 0 amide bonds. The van der Waals surface area contributed by atoms with Gasteiger partial charge in [0.05, 0.1) is 18.3 Å². The van der Waals surface area contributed by atoms with Crippen molar-refractivity contribution in [1.82, 2.24) is 10.3 Å². The fourth-order valence-corrected chi connectivity index (χ4v) is 2.63. The number of halogens is 3. The predicted octanol–water partition coefficient (Wildman–Crippen LogP) is 3.19. The first-order valence-corrected chi connectivity index (χ1v) is 7.91. The first-order chi connectivity index (χ1) is 11.9. The molecule has 1 aliphatic rings. The van der Waals surface area contributed by atoms with Gasteiger partial charge in [-0.25, -0.2) is 0 Å². The molecule has 0 spiro atoms. The molecule has 3 rings (SSSR count). The number of benzene rings is 1. The van der Waals surface area contributed by atoms with Crippen LogP contribution in [0.15, 0.2) is 42.6 Å². The smallest absolute Gasteiger partial charge is 0.371 e. The third-order valence-corrected chi connectivity index (χ3v) is 4.02. The van der Waals surface area contributed by atoms with Crippen molar-refractivity contribution in [2.24, 2.45) is 0 Å². The number of alkyl halides is 3. The average molecular weight is 350 g/mol. The Labute approximate surface area is 143 Å². The Balaban J connectivity index is 1.64.